The van der Waals surface area contributed by atoms with Crippen molar-refractivity contribution in [3.63, 3.8) is 0 Å². The Kier molecular flexibility index (Phi) is 13.1. The molecule has 1 atom stereocenters. The largest absolute Gasteiger partial charge is 0.487 e. The number of ether oxygens (including phenoxy) is 1. The van der Waals surface area contributed by atoms with Crippen molar-refractivity contribution in [3.05, 3.63) is 131 Å². The second-order valence-corrected chi connectivity index (χ2v) is 16.5. The Balaban J connectivity index is 0.000000438. The van der Waals surface area contributed by atoms with E-state index in [4.69, 9.17) is 25.3 Å². The van der Waals surface area contributed by atoms with E-state index in [9.17, 15) is 21.2 Å². The molecule has 0 saturated carbocycles. The molecule has 0 fully saturated rings. The van der Waals surface area contributed by atoms with Crippen LogP contribution in [0.15, 0.2) is 113 Å². The van der Waals surface area contributed by atoms with Crippen molar-refractivity contribution in [1.82, 2.24) is 14.9 Å². The SMILES string of the molecule is CCN(CC)[C@@H](CS(C)(=O)=O)c1ccc(-c2ccc3ncnc(Nc4ccc(OCc5cccc(F)c5)c(Cl)c4)c3c2)o1.Cc1ccc(S(=O)(=O)O)cc1. The number of furan rings is 1. The first-order chi connectivity index (χ1) is 25.6. The number of benzene rings is 4. The molecule has 2 N–H and O–H groups in total. The number of nitrogens with zero attached hydrogens (tertiary/aromatic N) is 3. The van der Waals surface area contributed by atoms with Gasteiger partial charge in [0, 0.05) is 22.9 Å². The zero-order chi connectivity index (χ0) is 39.0. The van der Waals surface area contributed by atoms with E-state index in [1.165, 1.54) is 36.8 Å². The molecule has 6 aromatic rings. The van der Waals surface area contributed by atoms with Crippen LogP contribution < -0.4 is 10.1 Å². The number of halogens is 2. The van der Waals surface area contributed by atoms with Gasteiger partial charge in [-0.15, -0.1) is 0 Å². The van der Waals surface area contributed by atoms with Gasteiger partial charge in [0.05, 0.1) is 27.2 Å². The zero-order valence-electron chi connectivity index (χ0n) is 30.0. The van der Waals surface area contributed by atoms with Crippen molar-refractivity contribution in [2.45, 2.75) is 38.3 Å². The minimum absolute atomic E-state index is 0.0293. The van der Waals surface area contributed by atoms with Gasteiger partial charge < -0.3 is 14.5 Å². The Morgan fingerprint density at radius 3 is 2.31 bits per heavy atom. The van der Waals surface area contributed by atoms with Crippen LogP contribution in [0.5, 0.6) is 5.75 Å². The van der Waals surface area contributed by atoms with Crippen LogP contribution in [-0.4, -0.2) is 61.4 Å². The summed E-state index contributed by atoms with van der Waals surface area (Å²) in [6.07, 6.45) is 2.72. The topological polar surface area (TPSA) is 152 Å². The molecule has 2 heterocycles. The molecular weight excluding hydrogens is 755 g/mol. The molecule has 284 valence electrons. The molecule has 0 spiro atoms. The number of fused-ring (bicyclic) bond motifs is 1. The molecule has 0 radical (unpaired) electrons. The van der Waals surface area contributed by atoms with Crippen LogP contribution in [0.4, 0.5) is 15.9 Å². The number of aryl methyl sites for hydroxylation is 1. The summed E-state index contributed by atoms with van der Waals surface area (Å²) in [6.45, 7) is 7.41. The second-order valence-electron chi connectivity index (χ2n) is 12.5. The van der Waals surface area contributed by atoms with Crippen LogP contribution in [0.25, 0.3) is 22.2 Å². The monoisotopic (exact) mass is 794 g/mol. The van der Waals surface area contributed by atoms with Crippen molar-refractivity contribution in [1.29, 1.82) is 0 Å². The number of nitrogens with one attached hydrogen (secondary N) is 1. The number of aromatic nitrogens is 2. The van der Waals surface area contributed by atoms with E-state index in [-0.39, 0.29) is 29.1 Å². The lowest BCUT2D eigenvalue weighted by Crippen LogP contribution is -2.32. The summed E-state index contributed by atoms with van der Waals surface area (Å²) in [5, 5.41) is 4.46. The molecule has 0 unspecified atom stereocenters. The van der Waals surface area contributed by atoms with Gasteiger partial charge in [-0.3, -0.25) is 9.45 Å². The van der Waals surface area contributed by atoms with E-state index in [1.807, 2.05) is 57.2 Å². The minimum Gasteiger partial charge on any atom is -0.487 e. The molecule has 0 bridgehead atoms. The lowest BCUT2D eigenvalue weighted by molar-refractivity contribution is 0.210. The quantitative estimate of drug-likeness (QED) is 0.108. The Morgan fingerprint density at radius 1 is 0.926 bits per heavy atom. The van der Waals surface area contributed by atoms with E-state index in [2.05, 4.69) is 20.2 Å². The maximum Gasteiger partial charge on any atom is 0.294 e. The summed E-state index contributed by atoms with van der Waals surface area (Å²) < 4.78 is 79.4. The molecule has 11 nitrogen and oxygen atoms in total. The fourth-order valence-corrected chi connectivity index (χ4v) is 7.31. The molecule has 0 aliphatic heterocycles. The number of rotatable bonds is 13. The van der Waals surface area contributed by atoms with Crippen molar-refractivity contribution in [2.24, 2.45) is 0 Å². The van der Waals surface area contributed by atoms with Gasteiger partial charge >= 0.3 is 0 Å². The molecule has 0 saturated heterocycles. The molecule has 15 heteroatoms. The first-order valence-corrected chi connectivity index (χ1v) is 20.8. The third-order valence-electron chi connectivity index (χ3n) is 8.39. The van der Waals surface area contributed by atoms with Gasteiger partial charge in [-0.2, -0.15) is 8.42 Å². The fourth-order valence-electron chi connectivity index (χ4n) is 5.65. The smallest absolute Gasteiger partial charge is 0.294 e. The van der Waals surface area contributed by atoms with Crippen LogP contribution in [0, 0.1) is 12.7 Å². The predicted octanol–water partition coefficient (Wildman–Crippen LogP) is 8.67. The van der Waals surface area contributed by atoms with E-state index >= 15 is 0 Å². The van der Waals surface area contributed by atoms with Crippen molar-refractivity contribution in [2.75, 3.05) is 30.4 Å². The first-order valence-electron chi connectivity index (χ1n) is 16.9. The van der Waals surface area contributed by atoms with Crippen LogP contribution in [0.1, 0.15) is 36.8 Å². The molecule has 2 aromatic heterocycles. The first kappa shape index (κ1) is 40.3. The van der Waals surface area contributed by atoms with E-state index in [0.29, 0.717) is 52.5 Å². The Morgan fingerprint density at radius 2 is 1.67 bits per heavy atom. The molecule has 0 aliphatic carbocycles. The molecule has 0 amide bonds. The predicted molar refractivity (Wildman–Crippen MR) is 209 cm³/mol. The molecule has 54 heavy (non-hydrogen) atoms. The number of sulfone groups is 1. The van der Waals surface area contributed by atoms with Gasteiger partial charge in [0.25, 0.3) is 10.1 Å². The van der Waals surface area contributed by atoms with Crippen molar-refractivity contribution in [3.8, 4) is 17.1 Å². The number of hydrogen-bond acceptors (Lipinski definition) is 10. The third kappa shape index (κ3) is 10.9. The van der Waals surface area contributed by atoms with Crippen LogP contribution in [0.2, 0.25) is 5.02 Å². The van der Waals surface area contributed by atoms with Crippen LogP contribution >= 0.6 is 11.6 Å². The van der Waals surface area contributed by atoms with Crippen LogP contribution in [-0.2, 0) is 26.6 Å². The summed E-state index contributed by atoms with van der Waals surface area (Å²) in [5.74, 6) is 1.90. The average Bonchev–Trinajstić information content (AvgIpc) is 3.61. The average molecular weight is 795 g/mol. The van der Waals surface area contributed by atoms with Gasteiger partial charge in [-0.25, -0.2) is 22.8 Å². The summed E-state index contributed by atoms with van der Waals surface area (Å²) in [4.78, 5) is 10.9. The summed E-state index contributed by atoms with van der Waals surface area (Å²) in [6, 6.07) is 26.5. The molecule has 4 aromatic carbocycles. The van der Waals surface area contributed by atoms with E-state index in [1.54, 1.807) is 36.4 Å². The van der Waals surface area contributed by atoms with Gasteiger partial charge in [-0.1, -0.05) is 55.3 Å². The highest BCUT2D eigenvalue weighted by Gasteiger charge is 2.26. The molecule has 6 rings (SSSR count). The summed E-state index contributed by atoms with van der Waals surface area (Å²) >= 11 is 6.50. The van der Waals surface area contributed by atoms with Gasteiger partial charge in [0.1, 0.15) is 51.7 Å². The summed E-state index contributed by atoms with van der Waals surface area (Å²) in [5.41, 5.74) is 3.87. The van der Waals surface area contributed by atoms with Crippen molar-refractivity contribution < 1.29 is 34.9 Å². The van der Waals surface area contributed by atoms with E-state index < -0.39 is 20.0 Å². The zero-order valence-corrected chi connectivity index (χ0v) is 32.4. The van der Waals surface area contributed by atoms with Crippen molar-refractivity contribution >= 4 is 54.0 Å². The normalized spacial score (nSPS) is 12.3. The maximum atomic E-state index is 13.5. The summed E-state index contributed by atoms with van der Waals surface area (Å²) in [7, 11) is -7.26. The highest BCUT2D eigenvalue weighted by Crippen LogP contribution is 2.34. The number of anilines is 2. The highest BCUT2D eigenvalue weighted by atomic mass is 35.5. The number of hydrogen-bond donors (Lipinski definition) is 2. The molecular formula is C39H40ClFN4O7S2. The maximum absolute atomic E-state index is 13.5. The van der Waals surface area contributed by atoms with E-state index in [0.717, 1.165) is 22.0 Å². The van der Waals surface area contributed by atoms with Gasteiger partial charge in [-0.05, 0) is 98.4 Å². The lowest BCUT2D eigenvalue weighted by atomic mass is 10.1. The Bertz CT molecular complexity index is 2440. The lowest BCUT2D eigenvalue weighted by Gasteiger charge is -2.27. The minimum atomic E-state index is -4.02. The second kappa shape index (κ2) is 17.5. The van der Waals surface area contributed by atoms with Gasteiger partial charge in [0.2, 0.25) is 0 Å². The standard InChI is InChI=1S/C32H32ClFN4O4S.C7H8O3S/c1-4-38(5-2)28(19-43(3,39)40)31-14-13-29(42-31)22-9-11-27-25(16-22)32(36-20-35-27)37-24-10-12-30(26(33)17-24)41-18-21-7-6-8-23(34)15-21;1-6-2-4-7(5-3-6)11(8,9)10/h6-17,20,28H,4-5,18-19H2,1-3H3,(H,35,36,37);2-5H,1H3,(H,8,9,10)/t28-;/m0./s1. The van der Waals surface area contributed by atoms with Gasteiger partial charge in [0.15, 0.2) is 0 Å². The highest BCUT2D eigenvalue weighted by molar-refractivity contribution is 7.90. The third-order valence-corrected chi connectivity index (χ3v) is 10.5. The Hall–Kier alpha value is -4.86. The fraction of sp³-hybridized carbons (Fsp3) is 0.231. The Labute approximate surface area is 319 Å². The molecule has 0 aliphatic rings. The van der Waals surface area contributed by atoms with Crippen LogP contribution in [0.3, 0.4) is 0 Å².